The molecule has 22 heavy (non-hydrogen) atoms. The van der Waals surface area contributed by atoms with E-state index in [-0.39, 0.29) is 5.91 Å². The molecule has 1 amide bonds. The Kier molecular flexibility index (Phi) is 4.53. The molecule has 1 saturated heterocycles. The highest BCUT2D eigenvalue weighted by Gasteiger charge is 2.23. The molecule has 1 aliphatic rings. The fraction of sp³-hybridized carbons (Fsp3) is 0.412. The first-order valence-electron chi connectivity index (χ1n) is 7.78. The minimum atomic E-state index is 0.0613. The maximum Gasteiger partial charge on any atom is 0.257 e. The van der Waals surface area contributed by atoms with Crippen LogP contribution in [0.2, 0.25) is 0 Å². The molecule has 0 aliphatic carbocycles. The van der Waals surface area contributed by atoms with Crippen LogP contribution in [0.1, 0.15) is 28.8 Å². The molecule has 0 atom stereocenters. The molecular formula is C17H22N4O. The predicted octanol–water partition coefficient (Wildman–Crippen LogP) is 1.76. The van der Waals surface area contributed by atoms with Crippen molar-refractivity contribution in [3.05, 3.63) is 53.9 Å². The van der Waals surface area contributed by atoms with Gasteiger partial charge < -0.3 is 10.2 Å². The number of hydrogen-bond donors (Lipinski definition) is 1. The zero-order valence-electron chi connectivity index (χ0n) is 12.9. The number of hydrogen-bond acceptors (Lipinski definition) is 3. The number of benzene rings is 1. The van der Waals surface area contributed by atoms with Gasteiger partial charge in [0, 0.05) is 19.3 Å². The largest absolute Gasteiger partial charge is 0.339 e. The summed E-state index contributed by atoms with van der Waals surface area (Å²) in [6.07, 6.45) is 5.54. The summed E-state index contributed by atoms with van der Waals surface area (Å²) in [6, 6.07) is 10.5. The molecular weight excluding hydrogens is 276 g/mol. The Morgan fingerprint density at radius 3 is 2.77 bits per heavy atom. The van der Waals surface area contributed by atoms with Crippen LogP contribution in [0.4, 0.5) is 0 Å². The molecule has 1 aliphatic heterocycles. The summed E-state index contributed by atoms with van der Waals surface area (Å²) in [5.41, 5.74) is 1.84. The maximum atomic E-state index is 12.6. The van der Waals surface area contributed by atoms with E-state index < -0.39 is 0 Å². The van der Waals surface area contributed by atoms with Gasteiger partial charge in [0.1, 0.15) is 0 Å². The maximum absolute atomic E-state index is 12.6. The Hall–Kier alpha value is -2.14. The van der Waals surface area contributed by atoms with Gasteiger partial charge in [0.25, 0.3) is 5.91 Å². The van der Waals surface area contributed by atoms with Crippen molar-refractivity contribution in [2.45, 2.75) is 25.4 Å². The van der Waals surface area contributed by atoms with Crippen LogP contribution in [-0.4, -0.2) is 46.8 Å². The van der Waals surface area contributed by atoms with E-state index in [4.69, 9.17) is 0 Å². The van der Waals surface area contributed by atoms with Gasteiger partial charge in [0.05, 0.1) is 18.3 Å². The molecule has 0 radical (unpaired) electrons. The summed E-state index contributed by atoms with van der Waals surface area (Å²) < 4.78 is 1.82. The minimum absolute atomic E-state index is 0.0613. The summed E-state index contributed by atoms with van der Waals surface area (Å²) in [5, 5.41) is 7.64. The summed E-state index contributed by atoms with van der Waals surface area (Å²) in [5.74, 6) is 0.0613. The topological polar surface area (TPSA) is 50.2 Å². The van der Waals surface area contributed by atoms with Gasteiger partial charge in [-0.05, 0) is 31.5 Å². The summed E-state index contributed by atoms with van der Waals surface area (Å²) >= 11 is 0. The van der Waals surface area contributed by atoms with Crippen molar-refractivity contribution in [3.8, 4) is 0 Å². The van der Waals surface area contributed by atoms with Crippen molar-refractivity contribution in [3.63, 3.8) is 0 Å². The monoisotopic (exact) mass is 298 g/mol. The Balaban J connectivity index is 1.66. The SMILES string of the molecule is CN(C(=O)c1cnn(Cc2ccccc2)c1)C1CCNCC1. The number of rotatable bonds is 4. The molecule has 0 unspecified atom stereocenters. The van der Waals surface area contributed by atoms with Crippen molar-refractivity contribution >= 4 is 5.91 Å². The Morgan fingerprint density at radius 2 is 2.05 bits per heavy atom. The lowest BCUT2D eigenvalue weighted by molar-refractivity contribution is 0.0703. The predicted molar refractivity (Wildman–Crippen MR) is 85.8 cm³/mol. The fourth-order valence-corrected chi connectivity index (χ4v) is 2.89. The van der Waals surface area contributed by atoms with E-state index in [0.29, 0.717) is 18.2 Å². The second-order valence-corrected chi connectivity index (χ2v) is 5.81. The number of piperidine rings is 1. The standard InChI is InChI=1S/C17H22N4O/c1-20(16-7-9-18-10-8-16)17(22)15-11-19-21(13-15)12-14-5-3-2-4-6-14/h2-6,11,13,16,18H,7-10,12H2,1H3. The van der Waals surface area contributed by atoms with Crippen LogP contribution < -0.4 is 5.32 Å². The van der Waals surface area contributed by atoms with Crippen LogP contribution in [0.3, 0.4) is 0 Å². The van der Waals surface area contributed by atoms with Crippen molar-refractivity contribution in [1.29, 1.82) is 0 Å². The first-order chi connectivity index (χ1) is 10.7. The first-order valence-corrected chi connectivity index (χ1v) is 7.78. The molecule has 3 rings (SSSR count). The Labute approximate surface area is 130 Å². The molecule has 5 heteroatoms. The van der Waals surface area contributed by atoms with E-state index in [1.54, 1.807) is 6.20 Å². The third-order valence-corrected chi connectivity index (χ3v) is 4.24. The molecule has 1 N–H and O–H groups in total. The average molecular weight is 298 g/mol. The lowest BCUT2D eigenvalue weighted by Crippen LogP contribution is -2.43. The van der Waals surface area contributed by atoms with Crippen LogP contribution in [-0.2, 0) is 6.54 Å². The van der Waals surface area contributed by atoms with Gasteiger partial charge in [-0.3, -0.25) is 9.48 Å². The van der Waals surface area contributed by atoms with E-state index in [2.05, 4.69) is 22.5 Å². The number of carbonyl (C=O) groups excluding carboxylic acids is 1. The Morgan fingerprint density at radius 1 is 1.32 bits per heavy atom. The molecule has 2 aromatic rings. The molecule has 1 fully saturated rings. The lowest BCUT2D eigenvalue weighted by Gasteiger charge is -2.31. The van der Waals surface area contributed by atoms with Gasteiger partial charge in [-0.25, -0.2) is 0 Å². The van der Waals surface area contributed by atoms with E-state index in [9.17, 15) is 4.79 Å². The summed E-state index contributed by atoms with van der Waals surface area (Å²) in [6.45, 7) is 2.65. The number of amides is 1. The molecule has 0 saturated carbocycles. The Bertz CT molecular complexity index is 617. The molecule has 1 aromatic carbocycles. The zero-order valence-corrected chi connectivity index (χ0v) is 12.9. The number of carbonyl (C=O) groups is 1. The molecule has 2 heterocycles. The smallest absolute Gasteiger partial charge is 0.257 e. The van der Waals surface area contributed by atoms with Gasteiger partial charge in [-0.15, -0.1) is 0 Å². The van der Waals surface area contributed by atoms with Crippen LogP contribution >= 0.6 is 0 Å². The average Bonchev–Trinajstić information content (AvgIpc) is 3.04. The van der Waals surface area contributed by atoms with Gasteiger partial charge >= 0.3 is 0 Å². The minimum Gasteiger partial charge on any atom is -0.339 e. The van der Waals surface area contributed by atoms with Crippen LogP contribution in [0.15, 0.2) is 42.7 Å². The molecule has 5 nitrogen and oxygen atoms in total. The van der Waals surface area contributed by atoms with Gasteiger partial charge in [0.15, 0.2) is 0 Å². The van der Waals surface area contributed by atoms with Crippen LogP contribution in [0.25, 0.3) is 0 Å². The zero-order chi connectivity index (χ0) is 15.4. The van der Waals surface area contributed by atoms with Crippen molar-refractivity contribution in [1.82, 2.24) is 20.0 Å². The van der Waals surface area contributed by atoms with Gasteiger partial charge in [-0.2, -0.15) is 5.10 Å². The van der Waals surface area contributed by atoms with Crippen molar-refractivity contribution in [2.24, 2.45) is 0 Å². The molecule has 1 aromatic heterocycles. The third-order valence-electron chi connectivity index (χ3n) is 4.24. The quantitative estimate of drug-likeness (QED) is 0.935. The van der Waals surface area contributed by atoms with E-state index in [1.165, 1.54) is 5.56 Å². The summed E-state index contributed by atoms with van der Waals surface area (Å²) in [7, 11) is 1.90. The van der Waals surface area contributed by atoms with Crippen LogP contribution in [0, 0.1) is 0 Å². The number of aromatic nitrogens is 2. The van der Waals surface area contributed by atoms with Crippen molar-refractivity contribution < 1.29 is 4.79 Å². The second-order valence-electron chi connectivity index (χ2n) is 5.81. The van der Waals surface area contributed by atoms with Crippen molar-refractivity contribution in [2.75, 3.05) is 20.1 Å². The highest BCUT2D eigenvalue weighted by atomic mass is 16.2. The van der Waals surface area contributed by atoms with Crippen LogP contribution in [0.5, 0.6) is 0 Å². The number of nitrogens with zero attached hydrogens (tertiary/aromatic N) is 3. The first kappa shape index (κ1) is 14.8. The van der Waals surface area contributed by atoms with Gasteiger partial charge in [-0.1, -0.05) is 30.3 Å². The highest BCUT2D eigenvalue weighted by molar-refractivity contribution is 5.93. The van der Waals surface area contributed by atoms with E-state index >= 15 is 0 Å². The van der Waals surface area contributed by atoms with Gasteiger partial charge in [0.2, 0.25) is 0 Å². The lowest BCUT2D eigenvalue weighted by atomic mass is 10.0. The molecule has 0 bridgehead atoms. The summed E-state index contributed by atoms with van der Waals surface area (Å²) in [4.78, 5) is 14.4. The highest BCUT2D eigenvalue weighted by Crippen LogP contribution is 2.14. The molecule has 0 spiro atoms. The van der Waals surface area contributed by atoms with E-state index in [0.717, 1.165) is 25.9 Å². The van der Waals surface area contributed by atoms with E-state index in [1.807, 2.05) is 41.0 Å². The molecule has 116 valence electrons. The fourth-order valence-electron chi connectivity index (χ4n) is 2.89. The second kappa shape index (κ2) is 6.75. The number of nitrogens with one attached hydrogen (secondary N) is 1. The third kappa shape index (κ3) is 3.36. The normalized spacial score (nSPS) is 15.7.